The topological polar surface area (TPSA) is 82.2 Å². The van der Waals surface area contributed by atoms with Gasteiger partial charge in [0.05, 0.1) is 11.0 Å². The van der Waals surface area contributed by atoms with Gasteiger partial charge in [0.15, 0.2) is 9.84 Å². The Morgan fingerprint density at radius 1 is 1.21 bits per heavy atom. The third kappa shape index (κ3) is 3.59. The molecule has 0 spiro atoms. The van der Waals surface area contributed by atoms with E-state index in [1.165, 1.54) is 22.9 Å². The van der Waals surface area contributed by atoms with Crippen LogP contribution in [0.3, 0.4) is 0 Å². The second-order valence-electron chi connectivity index (χ2n) is 5.12. The minimum absolute atomic E-state index is 0.0149. The highest BCUT2D eigenvalue weighted by molar-refractivity contribution is 7.92. The zero-order valence-corrected chi connectivity index (χ0v) is 11.7. The molecule has 1 saturated carbocycles. The largest absolute Gasteiger partial charge is 0.398 e. The van der Waals surface area contributed by atoms with Crippen molar-refractivity contribution in [3.63, 3.8) is 0 Å². The highest BCUT2D eigenvalue weighted by Gasteiger charge is 2.26. The zero-order chi connectivity index (χ0) is 13.9. The van der Waals surface area contributed by atoms with Gasteiger partial charge in [0, 0.05) is 24.5 Å². The predicted octanol–water partition coefficient (Wildman–Crippen LogP) is 1.18. The van der Waals surface area contributed by atoms with Crippen LogP contribution >= 0.6 is 0 Å². The molecule has 0 radical (unpaired) electrons. The third-order valence-corrected chi connectivity index (χ3v) is 5.92. The molecule has 1 aromatic rings. The summed E-state index contributed by atoms with van der Waals surface area (Å²) in [5, 5.41) is -0.224. The molecular weight excluding hydrogens is 264 g/mol. The van der Waals surface area contributed by atoms with E-state index in [9.17, 15) is 13.2 Å². The lowest BCUT2D eigenvalue weighted by molar-refractivity contribution is 0.481. The number of nitrogens with two attached hydrogens (primary N) is 1. The minimum atomic E-state index is -3.11. The molecule has 0 bridgehead atoms. The van der Waals surface area contributed by atoms with E-state index < -0.39 is 9.84 Å². The predicted molar refractivity (Wildman–Crippen MR) is 75.8 cm³/mol. The average molecular weight is 284 g/mol. The lowest BCUT2D eigenvalue weighted by Gasteiger charge is -2.21. The second-order valence-corrected chi connectivity index (χ2v) is 7.52. The van der Waals surface area contributed by atoms with Crippen molar-refractivity contribution >= 4 is 15.5 Å². The van der Waals surface area contributed by atoms with Crippen molar-refractivity contribution in [2.75, 3.05) is 11.5 Å². The maximum absolute atomic E-state index is 12.2. The molecule has 1 aliphatic carbocycles. The molecule has 0 unspecified atom stereocenters. The first-order valence-electron chi connectivity index (χ1n) is 6.66. The lowest BCUT2D eigenvalue weighted by Crippen LogP contribution is -2.30. The minimum Gasteiger partial charge on any atom is -0.398 e. The van der Waals surface area contributed by atoms with Crippen LogP contribution in [0.25, 0.3) is 0 Å². The van der Waals surface area contributed by atoms with Gasteiger partial charge in [-0.1, -0.05) is 19.3 Å². The van der Waals surface area contributed by atoms with Crippen LogP contribution in [0.4, 0.5) is 5.69 Å². The molecule has 2 N–H and O–H groups in total. The van der Waals surface area contributed by atoms with Crippen LogP contribution in [0.15, 0.2) is 23.1 Å². The number of hydrogen-bond acceptors (Lipinski definition) is 4. The fraction of sp³-hybridized carbons (Fsp3) is 0.615. The molecule has 1 fully saturated rings. The van der Waals surface area contributed by atoms with Crippen LogP contribution in [-0.2, 0) is 16.4 Å². The number of anilines is 1. The third-order valence-electron chi connectivity index (χ3n) is 3.68. The summed E-state index contributed by atoms with van der Waals surface area (Å²) in [5.74, 6) is 0.0149. The Morgan fingerprint density at radius 3 is 2.58 bits per heavy atom. The summed E-state index contributed by atoms with van der Waals surface area (Å²) in [7, 11) is -3.11. The van der Waals surface area contributed by atoms with Crippen LogP contribution in [-0.4, -0.2) is 24.0 Å². The van der Waals surface area contributed by atoms with Crippen molar-refractivity contribution in [2.45, 2.75) is 43.9 Å². The Bertz CT molecular complexity index is 586. The van der Waals surface area contributed by atoms with Crippen LogP contribution in [0.1, 0.15) is 32.1 Å². The zero-order valence-electron chi connectivity index (χ0n) is 10.9. The van der Waals surface area contributed by atoms with E-state index in [0.717, 1.165) is 32.1 Å². The molecule has 19 heavy (non-hydrogen) atoms. The summed E-state index contributed by atoms with van der Waals surface area (Å²) >= 11 is 0. The molecule has 0 aromatic carbocycles. The molecule has 1 aliphatic rings. The Morgan fingerprint density at radius 2 is 1.89 bits per heavy atom. The molecule has 5 nitrogen and oxygen atoms in total. The van der Waals surface area contributed by atoms with Gasteiger partial charge in [-0.3, -0.25) is 4.79 Å². The van der Waals surface area contributed by atoms with Crippen LogP contribution < -0.4 is 11.3 Å². The fourth-order valence-electron chi connectivity index (χ4n) is 2.54. The SMILES string of the molecule is Nc1ccc(=O)n(CCS(=O)(=O)C2CCCCC2)c1. The van der Waals surface area contributed by atoms with Crippen molar-refractivity contribution in [1.82, 2.24) is 4.57 Å². The summed E-state index contributed by atoms with van der Waals surface area (Å²) in [6.45, 7) is 0.183. The molecule has 2 rings (SSSR count). The van der Waals surface area contributed by atoms with Crippen molar-refractivity contribution in [3.05, 3.63) is 28.7 Å². The Kier molecular flexibility index (Phi) is 4.29. The smallest absolute Gasteiger partial charge is 0.250 e. The van der Waals surface area contributed by atoms with Crippen molar-refractivity contribution in [1.29, 1.82) is 0 Å². The standard InChI is InChI=1S/C13H20N2O3S/c14-11-6-7-13(16)15(10-11)8-9-19(17,18)12-4-2-1-3-5-12/h6-7,10,12H,1-5,8-9,14H2. The van der Waals surface area contributed by atoms with E-state index in [2.05, 4.69) is 0 Å². The molecule has 1 aromatic heterocycles. The number of nitrogen functional groups attached to an aromatic ring is 1. The van der Waals surface area contributed by atoms with Crippen LogP contribution in [0.2, 0.25) is 0 Å². The summed E-state index contributed by atoms with van der Waals surface area (Å²) in [5.41, 5.74) is 5.85. The molecule has 6 heteroatoms. The first-order chi connectivity index (χ1) is 8.99. The number of rotatable bonds is 4. The summed E-state index contributed by atoms with van der Waals surface area (Å²) < 4.78 is 25.8. The van der Waals surface area contributed by atoms with Gasteiger partial charge >= 0.3 is 0 Å². The highest BCUT2D eigenvalue weighted by Crippen LogP contribution is 2.24. The lowest BCUT2D eigenvalue weighted by atomic mass is 10.0. The number of hydrogen-bond donors (Lipinski definition) is 1. The molecule has 1 heterocycles. The first kappa shape index (κ1) is 14.1. The van der Waals surface area contributed by atoms with E-state index in [4.69, 9.17) is 5.73 Å². The van der Waals surface area contributed by atoms with Crippen molar-refractivity contribution in [2.24, 2.45) is 0 Å². The van der Waals surface area contributed by atoms with E-state index >= 15 is 0 Å². The van der Waals surface area contributed by atoms with Gasteiger partial charge in [-0.15, -0.1) is 0 Å². The van der Waals surface area contributed by atoms with Gasteiger partial charge in [-0.25, -0.2) is 8.42 Å². The number of sulfone groups is 1. The van der Waals surface area contributed by atoms with Gasteiger partial charge in [-0.05, 0) is 18.9 Å². The van der Waals surface area contributed by atoms with Crippen molar-refractivity contribution in [3.8, 4) is 0 Å². The maximum Gasteiger partial charge on any atom is 0.250 e. The number of pyridine rings is 1. The molecule has 106 valence electrons. The normalized spacial score (nSPS) is 17.5. The summed E-state index contributed by atoms with van der Waals surface area (Å²) in [6.07, 6.45) is 6.12. The molecular formula is C13H20N2O3S. The number of aryl methyl sites for hydroxylation is 1. The molecule has 0 atom stereocenters. The summed E-state index contributed by atoms with van der Waals surface area (Å²) in [6, 6.07) is 2.89. The van der Waals surface area contributed by atoms with E-state index in [1.807, 2.05) is 0 Å². The molecule has 0 amide bonds. The molecule has 0 saturated heterocycles. The summed E-state index contributed by atoms with van der Waals surface area (Å²) in [4.78, 5) is 11.6. The first-order valence-corrected chi connectivity index (χ1v) is 8.38. The van der Waals surface area contributed by atoms with Gasteiger partial charge in [-0.2, -0.15) is 0 Å². The number of nitrogens with zero attached hydrogens (tertiary/aromatic N) is 1. The highest BCUT2D eigenvalue weighted by atomic mass is 32.2. The maximum atomic E-state index is 12.2. The average Bonchev–Trinajstić information content (AvgIpc) is 2.41. The van der Waals surface area contributed by atoms with Crippen LogP contribution in [0, 0.1) is 0 Å². The van der Waals surface area contributed by atoms with Gasteiger partial charge in [0.25, 0.3) is 5.56 Å². The van der Waals surface area contributed by atoms with Gasteiger partial charge < -0.3 is 10.3 Å². The Labute approximate surface area is 113 Å². The van der Waals surface area contributed by atoms with E-state index in [1.54, 1.807) is 0 Å². The Hall–Kier alpha value is -1.30. The molecule has 0 aliphatic heterocycles. The van der Waals surface area contributed by atoms with Crippen molar-refractivity contribution < 1.29 is 8.42 Å². The van der Waals surface area contributed by atoms with E-state index in [0.29, 0.717) is 5.69 Å². The number of aromatic nitrogens is 1. The van der Waals surface area contributed by atoms with Crippen LogP contribution in [0.5, 0.6) is 0 Å². The quantitative estimate of drug-likeness (QED) is 0.900. The second kappa shape index (κ2) is 5.77. The van der Waals surface area contributed by atoms with E-state index in [-0.39, 0.29) is 23.1 Å². The van der Waals surface area contributed by atoms with Gasteiger partial charge in [0.1, 0.15) is 0 Å². The Balaban J connectivity index is 2.04. The fourth-order valence-corrected chi connectivity index (χ4v) is 4.38. The van der Waals surface area contributed by atoms with Gasteiger partial charge in [0.2, 0.25) is 0 Å². The monoisotopic (exact) mass is 284 g/mol.